The summed E-state index contributed by atoms with van der Waals surface area (Å²) < 4.78 is 5.59. The highest BCUT2D eigenvalue weighted by molar-refractivity contribution is 6.33. The second-order valence-corrected chi connectivity index (χ2v) is 4.95. The average Bonchev–Trinajstić information content (AvgIpc) is 2.40. The molecule has 0 N–H and O–H groups in total. The summed E-state index contributed by atoms with van der Waals surface area (Å²) in [4.78, 5) is 10.9. The molecule has 0 bridgehead atoms. The lowest BCUT2D eigenvalue weighted by atomic mass is 10.0. The van der Waals surface area contributed by atoms with E-state index in [2.05, 4.69) is 0 Å². The molecule has 0 aliphatic rings. The van der Waals surface area contributed by atoms with E-state index in [-0.39, 0.29) is 6.10 Å². The van der Waals surface area contributed by atoms with Crippen LogP contribution in [0.25, 0.3) is 11.1 Å². The molecular weight excluding hydrogens is 260 g/mol. The number of aldehydes is 1. The summed E-state index contributed by atoms with van der Waals surface area (Å²) >= 11 is 5.92. The molecule has 0 aliphatic carbocycles. The number of ether oxygens (including phenoxy) is 1. The molecule has 0 amide bonds. The molecule has 19 heavy (non-hydrogen) atoms. The third-order valence-corrected chi connectivity index (χ3v) is 3.03. The number of carbonyl (C=O) groups excluding carboxylic acids is 1. The molecule has 0 aromatic heterocycles. The van der Waals surface area contributed by atoms with Gasteiger partial charge in [-0.1, -0.05) is 29.8 Å². The summed E-state index contributed by atoms with van der Waals surface area (Å²) in [5, 5.41) is 0.471. The van der Waals surface area contributed by atoms with Crippen LogP contribution in [0.2, 0.25) is 5.02 Å². The van der Waals surface area contributed by atoms with E-state index in [4.69, 9.17) is 16.3 Å². The maximum atomic E-state index is 10.9. The van der Waals surface area contributed by atoms with Crippen LogP contribution in [-0.4, -0.2) is 12.4 Å². The number of hydrogen-bond acceptors (Lipinski definition) is 2. The Morgan fingerprint density at radius 3 is 2.26 bits per heavy atom. The van der Waals surface area contributed by atoms with Crippen LogP contribution in [0.1, 0.15) is 24.2 Å². The van der Waals surface area contributed by atoms with E-state index in [1.807, 2.05) is 44.2 Å². The fourth-order valence-electron chi connectivity index (χ4n) is 1.81. The first-order chi connectivity index (χ1) is 9.10. The minimum Gasteiger partial charge on any atom is -0.491 e. The molecule has 2 nitrogen and oxygen atoms in total. The van der Waals surface area contributed by atoms with Gasteiger partial charge in [0.25, 0.3) is 0 Å². The minimum atomic E-state index is 0.156. The van der Waals surface area contributed by atoms with E-state index in [9.17, 15) is 4.79 Å². The van der Waals surface area contributed by atoms with Crippen molar-refractivity contribution < 1.29 is 9.53 Å². The summed E-state index contributed by atoms with van der Waals surface area (Å²) in [6, 6.07) is 13.2. The topological polar surface area (TPSA) is 26.3 Å². The monoisotopic (exact) mass is 274 g/mol. The van der Waals surface area contributed by atoms with E-state index >= 15 is 0 Å². The van der Waals surface area contributed by atoms with E-state index in [1.165, 1.54) is 0 Å². The zero-order valence-corrected chi connectivity index (χ0v) is 11.6. The molecule has 0 radical (unpaired) electrons. The number of halogens is 1. The Bertz CT molecular complexity index is 574. The van der Waals surface area contributed by atoms with Crippen molar-refractivity contribution in [2.45, 2.75) is 20.0 Å². The van der Waals surface area contributed by atoms with E-state index in [1.54, 1.807) is 12.1 Å². The number of benzene rings is 2. The Hall–Kier alpha value is -1.80. The molecule has 0 saturated heterocycles. The van der Waals surface area contributed by atoms with Gasteiger partial charge in [0.15, 0.2) is 6.29 Å². The number of carbonyl (C=O) groups is 1. The molecule has 0 heterocycles. The molecular formula is C16H15ClO2. The summed E-state index contributed by atoms with van der Waals surface area (Å²) in [5.74, 6) is 0.836. The molecule has 0 fully saturated rings. The molecule has 0 spiro atoms. The van der Waals surface area contributed by atoms with Gasteiger partial charge in [-0.15, -0.1) is 0 Å². The van der Waals surface area contributed by atoms with Crippen molar-refractivity contribution >= 4 is 17.9 Å². The predicted molar refractivity (Wildman–Crippen MR) is 78.0 cm³/mol. The second kappa shape index (κ2) is 5.89. The Labute approximate surface area is 118 Å². The Morgan fingerprint density at radius 1 is 1.05 bits per heavy atom. The molecule has 2 aromatic carbocycles. The standard InChI is InChI=1S/C16H15ClO2/c1-11(2)19-15-6-3-12(4-7-15)13-5-8-16(17)14(9-13)10-18/h3-11H,1-2H3. The highest BCUT2D eigenvalue weighted by Gasteiger charge is 2.04. The average molecular weight is 275 g/mol. The lowest BCUT2D eigenvalue weighted by Gasteiger charge is -2.10. The van der Waals surface area contributed by atoms with Gasteiger partial charge in [0.1, 0.15) is 5.75 Å². The number of rotatable bonds is 4. The van der Waals surface area contributed by atoms with Crippen molar-refractivity contribution in [1.82, 2.24) is 0 Å². The van der Waals surface area contributed by atoms with Gasteiger partial charge in [-0.2, -0.15) is 0 Å². The van der Waals surface area contributed by atoms with Crippen LogP contribution in [0.5, 0.6) is 5.75 Å². The van der Waals surface area contributed by atoms with Gasteiger partial charge < -0.3 is 4.74 Å². The quantitative estimate of drug-likeness (QED) is 0.761. The van der Waals surface area contributed by atoms with Crippen LogP contribution in [0.3, 0.4) is 0 Å². The normalized spacial score (nSPS) is 10.5. The zero-order chi connectivity index (χ0) is 13.8. The van der Waals surface area contributed by atoms with Gasteiger partial charge in [-0.05, 0) is 49.2 Å². The van der Waals surface area contributed by atoms with Gasteiger partial charge in [-0.25, -0.2) is 0 Å². The zero-order valence-electron chi connectivity index (χ0n) is 10.9. The summed E-state index contributed by atoms with van der Waals surface area (Å²) in [6.07, 6.45) is 0.922. The van der Waals surface area contributed by atoms with Crippen molar-refractivity contribution in [2.24, 2.45) is 0 Å². The van der Waals surface area contributed by atoms with E-state index < -0.39 is 0 Å². The first-order valence-corrected chi connectivity index (χ1v) is 6.50. The van der Waals surface area contributed by atoms with Crippen LogP contribution in [0.15, 0.2) is 42.5 Å². The SMILES string of the molecule is CC(C)Oc1ccc(-c2ccc(Cl)c(C=O)c2)cc1. The smallest absolute Gasteiger partial charge is 0.151 e. The van der Waals surface area contributed by atoms with Crippen molar-refractivity contribution in [3.63, 3.8) is 0 Å². The van der Waals surface area contributed by atoms with Crippen molar-refractivity contribution in [1.29, 1.82) is 0 Å². The Kier molecular flexibility index (Phi) is 4.23. The van der Waals surface area contributed by atoms with Crippen molar-refractivity contribution in [3.8, 4) is 16.9 Å². The van der Waals surface area contributed by atoms with Gasteiger partial charge in [0, 0.05) is 5.56 Å². The highest BCUT2D eigenvalue weighted by atomic mass is 35.5. The molecule has 98 valence electrons. The summed E-state index contributed by atoms with van der Waals surface area (Å²) in [7, 11) is 0. The van der Waals surface area contributed by atoms with E-state index in [0.717, 1.165) is 23.2 Å². The summed E-state index contributed by atoms with van der Waals surface area (Å²) in [5.41, 5.74) is 2.49. The lowest BCUT2D eigenvalue weighted by molar-refractivity contribution is 0.112. The van der Waals surface area contributed by atoms with Crippen molar-refractivity contribution in [3.05, 3.63) is 53.1 Å². The second-order valence-electron chi connectivity index (χ2n) is 4.55. The molecule has 2 aromatic rings. The molecule has 0 unspecified atom stereocenters. The van der Waals surface area contributed by atoms with Gasteiger partial charge >= 0.3 is 0 Å². The van der Waals surface area contributed by atoms with E-state index in [0.29, 0.717) is 10.6 Å². The Balaban J connectivity index is 2.29. The molecule has 0 atom stereocenters. The van der Waals surface area contributed by atoms with Crippen LogP contribution in [-0.2, 0) is 0 Å². The summed E-state index contributed by atoms with van der Waals surface area (Å²) in [6.45, 7) is 3.98. The number of hydrogen-bond donors (Lipinski definition) is 0. The van der Waals surface area contributed by atoms with Crippen LogP contribution < -0.4 is 4.74 Å². The fourth-order valence-corrected chi connectivity index (χ4v) is 1.97. The minimum absolute atomic E-state index is 0.156. The predicted octanol–water partition coefficient (Wildman–Crippen LogP) is 4.61. The van der Waals surface area contributed by atoms with Crippen molar-refractivity contribution in [2.75, 3.05) is 0 Å². The lowest BCUT2D eigenvalue weighted by Crippen LogP contribution is -2.05. The van der Waals surface area contributed by atoms with Crippen LogP contribution >= 0.6 is 11.6 Å². The molecule has 3 heteroatoms. The highest BCUT2D eigenvalue weighted by Crippen LogP contribution is 2.26. The largest absolute Gasteiger partial charge is 0.491 e. The fraction of sp³-hybridized carbons (Fsp3) is 0.188. The first-order valence-electron chi connectivity index (χ1n) is 6.12. The first kappa shape index (κ1) is 13.6. The van der Waals surface area contributed by atoms with Gasteiger partial charge in [0.05, 0.1) is 11.1 Å². The van der Waals surface area contributed by atoms with Crippen LogP contribution in [0.4, 0.5) is 0 Å². The third-order valence-electron chi connectivity index (χ3n) is 2.68. The molecule has 0 aliphatic heterocycles. The van der Waals surface area contributed by atoms with Crippen LogP contribution in [0, 0.1) is 0 Å². The molecule has 0 saturated carbocycles. The van der Waals surface area contributed by atoms with Gasteiger partial charge in [0.2, 0.25) is 0 Å². The Morgan fingerprint density at radius 2 is 1.68 bits per heavy atom. The molecule has 2 rings (SSSR count). The van der Waals surface area contributed by atoms with Gasteiger partial charge in [-0.3, -0.25) is 4.79 Å². The maximum Gasteiger partial charge on any atom is 0.151 e. The maximum absolute atomic E-state index is 10.9. The third kappa shape index (κ3) is 3.36.